The van der Waals surface area contributed by atoms with Gasteiger partial charge in [0, 0.05) is 40.3 Å². The third-order valence-electron chi connectivity index (χ3n) is 5.66. The van der Waals surface area contributed by atoms with Crippen molar-refractivity contribution in [2.75, 3.05) is 73.5 Å². The van der Waals surface area contributed by atoms with Gasteiger partial charge in [-0.1, -0.05) is 6.07 Å². The Kier molecular flexibility index (Phi) is 11.8. The number of aryl methyl sites for hydroxylation is 2. The molecular weight excluding hydrogens is 483 g/mol. The number of methoxy groups -OCH3 is 1. The van der Waals surface area contributed by atoms with E-state index < -0.39 is 11.0 Å². The molecule has 0 bridgehead atoms. The Labute approximate surface area is 216 Å². The zero-order valence-electron chi connectivity index (χ0n) is 22.4. The summed E-state index contributed by atoms with van der Waals surface area (Å²) in [4.78, 5) is 16.7. The smallest absolute Gasteiger partial charge is 0.248 e. The minimum atomic E-state index is -1.36. The van der Waals surface area contributed by atoms with E-state index in [0.29, 0.717) is 24.3 Å². The maximum atomic E-state index is 14.4. The number of carbonyl (C=O) groups is 1. The molecule has 0 fully saturated rings. The molecule has 0 radical (unpaired) electrons. The summed E-state index contributed by atoms with van der Waals surface area (Å²) in [7, 11) is 7.57. The zero-order chi connectivity index (χ0) is 26.8. The van der Waals surface area contributed by atoms with E-state index in [9.17, 15) is 13.4 Å². The van der Waals surface area contributed by atoms with Gasteiger partial charge in [0.2, 0.25) is 5.91 Å². The van der Waals surface area contributed by atoms with Crippen LogP contribution < -0.4 is 10.1 Å². The summed E-state index contributed by atoms with van der Waals surface area (Å²) in [5.41, 5.74) is 2.92. The van der Waals surface area contributed by atoms with E-state index in [0.717, 1.165) is 28.3 Å². The predicted octanol–water partition coefficient (Wildman–Crippen LogP) is 3.05. The standard InChI is InChI=1S/C26H39FN4O4S/c1-19-14-22(34-7)15-20(2)26(19)36(33)31(6)12-13-35-18-25(32)30(5)17-21-8-9-24(23(27)16-21)28-10-11-29(3)4/h8-9,14-16,28H,10-13,17-18H2,1-7H3. The van der Waals surface area contributed by atoms with Crippen LogP contribution in [0, 0.1) is 19.7 Å². The van der Waals surface area contributed by atoms with Crippen molar-refractivity contribution in [3.63, 3.8) is 0 Å². The van der Waals surface area contributed by atoms with Crippen LogP contribution in [-0.4, -0.2) is 92.4 Å². The minimum Gasteiger partial charge on any atom is -0.497 e. The number of likely N-dealkylation sites (N-methyl/N-ethyl adjacent to an activating group) is 3. The molecule has 0 aromatic heterocycles. The lowest BCUT2D eigenvalue weighted by Crippen LogP contribution is -2.32. The molecule has 0 aliphatic rings. The summed E-state index contributed by atoms with van der Waals surface area (Å²) in [5, 5.41) is 3.07. The second kappa shape index (κ2) is 14.3. The monoisotopic (exact) mass is 522 g/mol. The van der Waals surface area contributed by atoms with Crippen LogP contribution in [0.1, 0.15) is 16.7 Å². The highest BCUT2D eigenvalue weighted by Crippen LogP contribution is 2.25. The maximum Gasteiger partial charge on any atom is 0.248 e. The number of ether oxygens (including phenoxy) is 2. The van der Waals surface area contributed by atoms with E-state index in [2.05, 4.69) is 5.32 Å². The number of hydrogen-bond acceptors (Lipinski definition) is 6. The second-order valence-corrected chi connectivity index (χ2v) is 10.6. The van der Waals surface area contributed by atoms with E-state index in [1.807, 2.05) is 45.0 Å². The molecular formula is C26H39FN4O4S. The third kappa shape index (κ3) is 8.85. The number of nitrogens with one attached hydrogen (secondary N) is 1. The Morgan fingerprint density at radius 1 is 1.06 bits per heavy atom. The molecule has 8 nitrogen and oxygen atoms in total. The molecule has 10 heteroatoms. The normalized spacial score (nSPS) is 12.2. The van der Waals surface area contributed by atoms with Crippen LogP contribution in [-0.2, 0) is 27.1 Å². The van der Waals surface area contributed by atoms with Crippen LogP contribution in [0.2, 0.25) is 0 Å². The van der Waals surface area contributed by atoms with E-state index in [1.165, 1.54) is 11.0 Å². The lowest BCUT2D eigenvalue weighted by molar-refractivity contribution is -0.135. The van der Waals surface area contributed by atoms with Crippen LogP contribution in [0.4, 0.5) is 10.1 Å². The van der Waals surface area contributed by atoms with Crippen LogP contribution in [0.5, 0.6) is 5.75 Å². The summed E-state index contributed by atoms with van der Waals surface area (Å²) < 4.78 is 39.9. The first-order valence-electron chi connectivity index (χ1n) is 11.8. The molecule has 0 aliphatic carbocycles. The third-order valence-corrected chi connectivity index (χ3v) is 7.40. The molecule has 1 amide bonds. The summed E-state index contributed by atoms with van der Waals surface area (Å²) in [6.45, 7) is 6.05. The molecule has 0 spiro atoms. The fraction of sp³-hybridized carbons (Fsp3) is 0.500. The van der Waals surface area contributed by atoms with Gasteiger partial charge >= 0.3 is 0 Å². The average molecular weight is 523 g/mol. The van der Waals surface area contributed by atoms with Crippen molar-refractivity contribution in [3.05, 3.63) is 52.8 Å². The fourth-order valence-corrected chi connectivity index (χ4v) is 4.80. The van der Waals surface area contributed by atoms with E-state index in [1.54, 1.807) is 37.6 Å². The van der Waals surface area contributed by atoms with Crippen molar-refractivity contribution in [3.8, 4) is 5.75 Å². The maximum absolute atomic E-state index is 14.4. The number of halogens is 1. The highest BCUT2D eigenvalue weighted by molar-refractivity contribution is 7.82. The Morgan fingerprint density at radius 3 is 2.31 bits per heavy atom. The molecule has 0 heterocycles. The van der Waals surface area contributed by atoms with Crippen molar-refractivity contribution in [1.29, 1.82) is 0 Å². The molecule has 2 rings (SSSR count). The zero-order valence-corrected chi connectivity index (χ0v) is 23.2. The SMILES string of the molecule is COc1cc(C)c(S(=O)N(C)CCOCC(=O)N(C)Cc2ccc(NCCN(C)C)c(F)c2)c(C)c1. The summed E-state index contributed by atoms with van der Waals surface area (Å²) in [6, 6.07) is 8.66. The van der Waals surface area contributed by atoms with Gasteiger partial charge in [-0.15, -0.1) is 0 Å². The second-order valence-electron chi connectivity index (χ2n) is 9.04. The topological polar surface area (TPSA) is 74.3 Å². The average Bonchev–Trinajstić information content (AvgIpc) is 2.81. The predicted molar refractivity (Wildman–Crippen MR) is 142 cm³/mol. The number of benzene rings is 2. The first-order valence-corrected chi connectivity index (χ1v) is 12.9. The van der Waals surface area contributed by atoms with Crippen LogP contribution in [0.25, 0.3) is 0 Å². The van der Waals surface area contributed by atoms with Gasteiger partial charge < -0.3 is 24.6 Å². The molecule has 1 unspecified atom stereocenters. The molecule has 0 saturated heterocycles. The number of rotatable bonds is 14. The fourth-order valence-electron chi connectivity index (χ4n) is 3.58. The quantitative estimate of drug-likeness (QED) is 0.385. The van der Waals surface area contributed by atoms with Gasteiger partial charge in [-0.2, -0.15) is 0 Å². The van der Waals surface area contributed by atoms with Gasteiger partial charge in [-0.3, -0.25) is 4.79 Å². The van der Waals surface area contributed by atoms with Gasteiger partial charge in [0.25, 0.3) is 0 Å². The number of hydrogen-bond donors (Lipinski definition) is 1. The largest absolute Gasteiger partial charge is 0.497 e. The van der Waals surface area contributed by atoms with Gasteiger partial charge in [0.05, 0.1) is 24.3 Å². The van der Waals surface area contributed by atoms with Crippen LogP contribution >= 0.6 is 0 Å². The first-order chi connectivity index (χ1) is 17.0. The molecule has 2 aromatic rings. The Morgan fingerprint density at radius 2 is 1.72 bits per heavy atom. The van der Waals surface area contributed by atoms with Crippen LogP contribution in [0.3, 0.4) is 0 Å². The van der Waals surface area contributed by atoms with Gasteiger partial charge in [-0.25, -0.2) is 12.9 Å². The van der Waals surface area contributed by atoms with Crippen molar-refractivity contribution < 1.29 is 22.9 Å². The highest BCUT2D eigenvalue weighted by Gasteiger charge is 2.17. The Balaban J connectivity index is 1.79. The van der Waals surface area contributed by atoms with E-state index in [-0.39, 0.29) is 31.5 Å². The lowest BCUT2D eigenvalue weighted by Gasteiger charge is -2.20. The lowest BCUT2D eigenvalue weighted by atomic mass is 10.1. The van der Waals surface area contributed by atoms with E-state index in [4.69, 9.17) is 9.47 Å². The summed E-state index contributed by atoms with van der Waals surface area (Å²) in [5.74, 6) is 0.172. The highest BCUT2D eigenvalue weighted by atomic mass is 32.2. The number of amides is 1. The van der Waals surface area contributed by atoms with E-state index >= 15 is 0 Å². The number of nitrogens with zero attached hydrogens (tertiary/aromatic N) is 3. The van der Waals surface area contributed by atoms with Crippen molar-refractivity contribution in [2.24, 2.45) is 0 Å². The van der Waals surface area contributed by atoms with Crippen molar-refractivity contribution in [1.82, 2.24) is 14.1 Å². The van der Waals surface area contributed by atoms with Crippen LogP contribution in [0.15, 0.2) is 35.2 Å². The van der Waals surface area contributed by atoms with Crippen molar-refractivity contribution in [2.45, 2.75) is 25.3 Å². The van der Waals surface area contributed by atoms with Crippen molar-refractivity contribution >= 4 is 22.6 Å². The molecule has 0 aliphatic heterocycles. The summed E-state index contributed by atoms with van der Waals surface area (Å²) >= 11 is 0. The van der Waals surface area contributed by atoms with Gasteiger partial charge in [0.15, 0.2) is 0 Å². The minimum absolute atomic E-state index is 0.107. The molecule has 36 heavy (non-hydrogen) atoms. The number of anilines is 1. The molecule has 200 valence electrons. The molecule has 1 N–H and O–H groups in total. The molecule has 2 aromatic carbocycles. The van der Waals surface area contributed by atoms with Gasteiger partial charge in [0.1, 0.15) is 29.2 Å². The van der Waals surface area contributed by atoms with Gasteiger partial charge in [-0.05, 0) is 68.9 Å². The Hall–Kier alpha value is -2.53. The molecule has 1 atom stereocenters. The molecule has 0 saturated carbocycles. The first kappa shape index (κ1) is 29.7. The Bertz CT molecular complexity index is 1030. The number of carbonyl (C=O) groups excluding carboxylic acids is 1. The summed E-state index contributed by atoms with van der Waals surface area (Å²) in [6.07, 6.45) is 0.